The van der Waals surface area contributed by atoms with Gasteiger partial charge in [0.25, 0.3) is 0 Å². The molecule has 3 nitrogen and oxygen atoms in total. The molecular weight excluding hydrogens is 248 g/mol. The van der Waals surface area contributed by atoms with Crippen LogP contribution >= 0.6 is 0 Å². The molecule has 0 heterocycles. The molecule has 108 valence electrons. The molecule has 0 aromatic heterocycles. The highest BCUT2D eigenvalue weighted by Crippen LogP contribution is 2.56. The highest BCUT2D eigenvalue weighted by atomic mass is 16.5. The second-order valence-corrected chi connectivity index (χ2v) is 7.28. The van der Waals surface area contributed by atoms with Crippen LogP contribution in [0.25, 0.3) is 0 Å². The van der Waals surface area contributed by atoms with Crippen molar-refractivity contribution in [3.8, 4) is 5.75 Å². The summed E-state index contributed by atoms with van der Waals surface area (Å²) >= 11 is 0. The van der Waals surface area contributed by atoms with Crippen molar-refractivity contribution in [1.82, 2.24) is 0 Å². The first-order valence-electron chi connectivity index (χ1n) is 7.87. The number of benzene rings is 1. The van der Waals surface area contributed by atoms with Crippen LogP contribution in [0.1, 0.15) is 38.5 Å². The Kier molecular flexibility index (Phi) is 2.66. The van der Waals surface area contributed by atoms with Crippen LogP contribution in [0.2, 0.25) is 0 Å². The molecule has 0 spiro atoms. The maximum Gasteiger partial charge on any atom is 0.143 e. The van der Waals surface area contributed by atoms with E-state index in [2.05, 4.69) is 11.4 Å². The first-order chi connectivity index (χ1) is 9.66. The maximum absolute atomic E-state index is 5.91. The Bertz CT molecular complexity index is 490. The van der Waals surface area contributed by atoms with E-state index < -0.39 is 0 Å². The molecular formula is C17H24N2O. The van der Waals surface area contributed by atoms with Crippen LogP contribution < -0.4 is 15.8 Å². The number of nitrogens with one attached hydrogen (secondary N) is 1. The topological polar surface area (TPSA) is 47.3 Å². The molecule has 4 aliphatic rings. The van der Waals surface area contributed by atoms with Gasteiger partial charge in [-0.25, -0.2) is 0 Å². The van der Waals surface area contributed by atoms with Gasteiger partial charge in [0.1, 0.15) is 5.75 Å². The maximum atomic E-state index is 5.91. The van der Waals surface area contributed by atoms with Crippen LogP contribution in [0.15, 0.2) is 18.2 Å². The summed E-state index contributed by atoms with van der Waals surface area (Å²) in [5.41, 5.74) is 8.13. The van der Waals surface area contributed by atoms with Gasteiger partial charge >= 0.3 is 0 Å². The van der Waals surface area contributed by atoms with Crippen molar-refractivity contribution < 1.29 is 4.74 Å². The number of nitrogen functional groups attached to an aromatic ring is 1. The molecule has 5 rings (SSSR count). The van der Waals surface area contributed by atoms with Crippen LogP contribution in [-0.2, 0) is 0 Å². The highest BCUT2D eigenvalue weighted by molar-refractivity contribution is 5.62. The summed E-state index contributed by atoms with van der Waals surface area (Å²) in [4.78, 5) is 0. The zero-order chi connectivity index (χ0) is 13.7. The van der Waals surface area contributed by atoms with Gasteiger partial charge in [-0.05, 0) is 68.4 Å². The smallest absolute Gasteiger partial charge is 0.143 e. The third kappa shape index (κ3) is 1.95. The van der Waals surface area contributed by atoms with Gasteiger partial charge in [-0.3, -0.25) is 0 Å². The molecule has 0 amide bonds. The van der Waals surface area contributed by atoms with E-state index in [-0.39, 0.29) is 0 Å². The molecule has 4 saturated carbocycles. The van der Waals surface area contributed by atoms with Gasteiger partial charge in [-0.15, -0.1) is 0 Å². The SMILES string of the molecule is COc1cc(NC23CC4CC(CC(C4)C2)C3)ccc1N. The van der Waals surface area contributed by atoms with Crippen molar-refractivity contribution in [2.75, 3.05) is 18.2 Å². The molecule has 0 unspecified atom stereocenters. The second-order valence-electron chi connectivity index (χ2n) is 7.28. The van der Waals surface area contributed by atoms with E-state index in [1.807, 2.05) is 12.1 Å². The molecule has 4 aliphatic carbocycles. The Balaban J connectivity index is 1.59. The minimum Gasteiger partial charge on any atom is -0.495 e. The van der Waals surface area contributed by atoms with E-state index in [1.165, 1.54) is 38.5 Å². The molecule has 1 aromatic rings. The quantitative estimate of drug-likeness (QED) is 0.826. The van der Waals surface area contributed by atoms with Gasteiger partial charge < -0.3 is 15.8 Å². The number of rotatable bonds is 3. The molecule has 0 atom stereocenters. The zero-order valence-electron chi connectivity index (χ0n) is 12.2. The Morgan fingerprint density at radius 3 is 2.25 bits per heavy atom. The molecule has 20 heavy (non-hydrogen) atoms. The summed E-state index contributed by atoms with van der Waals surface area (Å²) in [6, 6.07) is 6.09. The molecule has 4 bridgehead atoms. The number of methoxy groups -OCH3 is 1. The largest absolute Gasteiger partial charge is 0.495 e. The van der Waals surface area contributed by atoms with E-state index in [0.29, 0.717) is 11.2 Å². The van der Waals surface area contributed by atoms with Crippen molar-refractivity contribution in [2.45, 2.75) is 44.1 Å². The van der Waals surface area contributed by atoms with Crippen molar-refractivity contribution in [3.63, 3.8) is 0 Å². The van der Waals surface area contributed by atoms with E-state index in [9.17, 15) is 0 Å². The summed E-state index contributed by atoms with van der Waals surface area (Å²) < 4.78 is 5.34. The van der Waals surface area contributed by atoms with Crippen LogP contribution in [0.5, 0.6) is 5.75 Å². The molecule has 0 aliphatic heterocycles. The van der Waals surface area contributed by atoms with Gasteiger partial charge in [0.05, 0.1) is 12.8 Å². The fourth-order valence-corrected chi connectivity index (χ4v) is 5.36. The van der Waals surface area contributed by atoms with Crippen molar-refractivity contribution in [3.05, 3.63) is 18.2 Å². The van der Waals surface area contributed by atoms with Crippen LogP contribution in [0.3, 0.4) is 0 Å². The average molecular weight is 272 g/mol. The summed E-state index contributed by atoms with van der Waals surface area (Å²) in [5.74, 6) is 3.66. The molecule has 0 saturated heterocycles. The average Bonchev–Trinajstić information content (AvgIpc) is 2.39. The highest BCUT2D eigenvalue weighted by Gasteiger charge is 2.50. The fourth-order valence-electron chi connectivity index (χ4n) is 5.36. The Hall–Kier alpha value is -1.38. The summed E-state index contributed by atoms with van der Waals surface area (Å²) in [5, 5.41) is 3.85. The monoisotopic (exact) mass is 272 g/mol. The van der Waals surface area contributed by atoms with Crippen LogP contribution in [0.4, 0.5) is 11.4 Å². The predicted molar refractivity (Wildman–Crippen MR) is 81.9 cm³/mol. The fraction of sp³-hybridized carbons (Fsp3) is 0.647. The van der Waals surface area contributed by atoms with E-state index in [0.717, 1.165) is 29.2 Å². The lowest BCUT2D eigenvalue weighted by Gasteiger charge is -2.57. The molecule has 3 heteroatoms. The molecule has 0 radical (unpaired) electrons. The minimum atomic E-state index is 0.343. The Morgan fingerprint density at radius 1 is 1.10 bits per heavy atom. The predicted octanol–water partition coefficient (Wildman–Crippen LogP) is 3.66. The molecule has 4 fully saturated rings. The minimum absolute atomic E-state index is 0.343. The van der Waals surface area contributed by atoms with Crippen molar-refractivity contribution in [2.24, 2.45) is 17.8 Å². The number of ether oxygens (including phenoxy) is 1. The first-order valence-corrected chi connectivity index (χ1v) is 7.87. The van der Waals surface area contributed by atoms with E-state index >= 15 is 0 Å². The lowest BCUT2D eigenvalue weighted by molar-refractivity contribution is 0.0107. The van der Waals surface area contributed by atoms with Crippen LogP contribution in [-0.4, -0.2) is 12.6 Å². The summed E-state index contributed by atoms with van der Waals surface area (Å²) in [7, 11) is 1.68. The van der Waals surface area contributed by atoms with Gasteiger partial charge in [-0.1, -0.05) is 0 Å². The van der Waals surface area contributed by atoms with Crippen molar-refractivity contribution in [1.29, 1.82) is 0 Å². The third-order valence-corrected chi connectivity index (χ3v) is 5.68. The Labute approximate surface area is 120 Å². The third-order valence-electron chi connectivity index (χ3n) is 5.68. The van der Waals surface area contributed by atoms with Crippen LogP contribution in [0, 0.1) is 17.8 Å². The number of hydrogen-bond acceptors (Lipinski definition) is 3. The van der Waals surface area contributed by atoms with Crippen molar-refractivity contribution >= 4 is 11.4 Å². The standard InChI is InChI=1S/C17H24N2O/c1-20-16-7-14(2-3-15(16)18)19-17-8-11-4-12(9-17)6-13(5-11)10-17/h2-3,7,11-13,19H,4-6,8-10,18H2,1H3. The lowest BCUT2D eigenvalue weighted by Crippen LogP contribution is -2.54. The Morgan fingerprint density at radius 2 is 1.70 bits per heavy atom. The molecule has 1 aromatic carbocycles. The van der Waals surface area contributed by atoms with Gasteiger partial charge in [0.2, 0.25) is 0 Å². The second kappa shape index (κ2) is 4.31. The summed E-state index contributed by atoms with van der Waals surface area (Å²) in [6.07, 6.45) is 8.49. The number of anilines is 2. The van der Waals surface area contributed by atoms with Gasteiger partial charge in [0.15, 0.2) is 0 Å². The number of hydrogen-bond donors (Lipinski definition) is 2. The molecule has 3 N–H and O–H groups in total. The first kappa shape index (κ1) is 12.4. The van der Waals surface area contributed by atoms with E-state index in [1.54, 1.807) is 7.11 Å². The van der Waals surface area contributed by atoms with Gasteiger partial charge in [-0.2, -0.15) is 0 Å². The zero-order valence-corrected chi connectivity index (χ0v) is 12.2. The normalized spacial score (nSPS) is 38.0. The van der Waals surface area contributed by atoms with E-state index in [4.69, 9.17) is 10.5 Å². The number of nitrogens with two attached hydrogens (primary N) is 1. The lowest BCUT2D eigenvalue weighted by atomic mass is 9.53. The van der Waals surface area contributed by atoms with Gasteiger partial charge in [0, 0.05) is 17.3 Å². The summed E-state index contributed by atoms with van der Waals surface area (Å²) in [6.45, 7) is 0.